The Balaban J connectivity index is 1.91. The smallest absolute Gasteiger partial charge is 0.216 e. The molecule has 3 N–H and O–H groups in total. The first kappa shape index (κ1) is 12.6. The molecule has 5 nitrogen and oxygen atoms in total. The maximum absolute atomic E-state index is 5.61. The number of H-pyrrole nitrogens is 1. The van der Waals surface area contributed by atoms with Gasteiger partial charge in [-0.3, -0.25) is 4.40 Å². The van der Waals surface area contributed by atoms with Crippen LogP contribution in [-0.2, 0) is 6.42 Å². The van der Waals surface area contributed by atoms with Crippen molar-refractivity contribution in [3.63, 3.8) is 0 Å². The van der Waals surface area contributed by atoms with E-state index in [1.807, 2.05) is 6.07 Å². The van der Waals surface area contributed by atoms with Crippen LogP contribution in [0, 0.1) is 0 Å². The van der Waals surface area contributed by atoms with Crippen LogP contribution in [0.3, 0.4) is 0 Å². The highest BCUT2D eigenvalue weighted by molar-refractivity contribution is 7.15. The molecule has 0 radical (unpaired) electrons. The number of benzene rings is 1. The maximum atomic E-state index is 5.61. The number of nitrogens with zero attached hydrogens (tertiary/aromatic N) is 3. The number of hydrogen-bond acceptors (Lipinski definition) is 4. The van der Waals surface area contributed by atoms with Crippen LogP contribution >= 0.6 is 11.3 Å². The summed E-state index contributed by atoms with van der Waals surface area (Å²) in [5.41, 5.74) is 9.08. The van der Waals surface area contributed by atoms with Gasteiger partial charge in [-0.1, -0.05) is 18.2 Å². The average Bonchev–Trinajstić information content (AvgIpc) is 3.19. The molecule has 0 unspecified atom stereocenters. The number of aromatic nitrogens is 4. The Morgan fingerprint density at radius 3 is 3.05 bits per heavy atom. The Morgan fingerprint density at radius 2 is 2.14 bits per heavy atom. The van der Waals surface area contributed by atoms with Crippen LogP contribution < -0.4 is 5.73 Å². The standard InChI is InChI=1S/C15H15N5S/c16-7-3-6-14-18-19-15-20(14)13(9-21-15)11-8-17-12-5-2-1-4-10(11)12/h1-2,4-5,8-9,17H,3,6-7,16H2. The van der Waals surface area contributed by atoms with Crippen molar-refractivity contribution in [3.8, 4) is 11.3 Å². The van der Waals surface area contributed by atoms with Gasteiger partial charge in [0.1, 0.15) is 5.82 Å². The molecule has 0 amide bonds. The molecule has 0 aliphatic carbocycles. The highest BCUT2D eigenvalue weighted by Gasteiger charge is 2.15. The van der Waals surface area contributed by atoms with Crippen LogP contribution in [0.4, 0.5) is 0 Å². The molecule has 3 aromatic heterocycles. The zero-order valence-corrected chi connectivity index (χ0v) is 12.2. The quantitative estimate of drug-likeness (QED) is 0.608. The van der Waals surface area contributed by atoms with Gasteiger partial charge >= 0.3 is 0 Å². The molecule has 0 saturated heterocycles. The van der Waals surface area contributed by atoms with Crippen molar-refractivity contribution in [1.82, 2.24) is 19.6 Å². The van der Waals surface area contributed by atoms with Gasteiger partial charge in [0, 0.05) is 34.5 Å². The summed E-state index contributed by atoms with van der Waals surface area (Å²) in [6.07, 6.45) is 3.83. The van der Waals surface area contributed by atoms with Crippen molar-refractivity contribution in [2.24, 2.45) is 5.73 Å². The molecule has 0 spiro atoms. The predicted octanol–water partition coefficient (Wildman–Crippen LogP) is 2.83. The molecule has 0 saturated carbocycles. The number of rotatable bonds is 4. The molecule has 106 valence electrons. The predicted molar refractivity (Wildman–Crippen MR) is 85.5 cm³/mol. The Hall–Kier alpha value is -2.18. The molecule has 1 aromatic carbocycles. The molecule has 0 bridgehead atoms. The van der Waals surface area contributed by atoms with Crippen molar-refractivity contribution in [3.05, 3.63) is 41.7 Å². The summed E-state index contributed by atoms with van der Waals surface area (Å²) in [4.78, 5) is 4.26. The van der Waals surface area contributed by atoms with Gasteiger partial charge in [-0.25, -0.2) is 0 Å². The lowest BCUT2D eigenvalue weighted by molar-refractivity contribution is 0.772. The minimum Gasteiger partial charge on any atom is -0.360 e. The van der Waals surface area contributed by atoms with Gasteiger partial charge in [0.25, 0.3) is 0 Å². The molecular weight excluding hydrogens is 282 g/mol. The second-order valence-electron chi connectivity index (χ2n) is 5.00. The summed E-state index contributed by atoms with van der Waals surface area (Å²) in [5.74, 6) is 0.983. The van der Waals surface area contributed by atoms with E-state index in [1.54, 1.807) is 11.3 Å². The molecule has 21 heavy (non-hydrogen) atoms. The highest BCUT2D eigenvalue weighted by atomic mass is 32.1. The lowest BCUT2D eigenvalue weighted by atomic mass is 10.1. The van der Waals surface area contributed by atoms with Crippen LogP contribution in [-0.4, -0.2) is 26.1 Å². The Labute approximate surface area is 125 Å². The first-order valence-corrected chi connectivity index (χ1v) is 7.84. The fraction of sp³-hybridized carbons (Fsp3) is 0.200. The summed E-state index contributed by atoms with van der Waals surface area (Å²) in [5, 5.41) is 11.9. The molecule has 0 aliphatic rings. The molecular formula is C15H15N5S. The molecule has 6 heteroatoms. The first-order chi connectivity index (χ1) is 10.4. The summed E-state index contributed by atoms with van der Waals surface area (Å²) in [6.45, 7) is 0.668. The summed E-state index contributed by atoms with van der Waals surface area (Å²) in [7, 11) is 0. The molecule has 4 rings (SSSR count). The minimum absolute atomic E-state index is 0.668. The van der Waals surface area contributed by atoms with Crippen molar-refractivity contribution in [2.75, 3.05) is 6.54 Å². The monoisotopic (exact) mass is 297 g/mol. The number of nitrogens with one attached hydrogen (secondary N) is 1. The summed E-state index contributed by atoms with van der Waals surface area (Å²) >= 11 is 1.62. The normalized spacial score (nSPS) is 11.7. The van der Waals surface area contributed by atoms with E-state index in [0.717, 1.165) is 34.8 Å². The van der Waals surface area contributed by atoms with Crippen LogP contribution in [0.25, 0.3) is 27.1 Å². The van der Waals surface area contributed by atoms with Gasteiger partial charge in [0.2, 0.25) is 4.96 Å². The van der Waals surface area contributed by atoms with Gasteiger partial charge in [-0.15, -0.1) is 21.5 Å². The van der Waals surface area contributed by atoms with Crippen LogP contribution in [0.5, 0.6) is 0 Å². The number of aromatic amines is 1. The van der Waals surface area contributed by atoms with Crippen LogP contribution in [0.2, 0.25) is 0 Å². The molecule has 0 atom stereocenters. The number of thiazole rings is 1. The van der Waals surface area contributed by atoms with Gasteiger partial charge < -0.3 is 10.7 Å². The Morgan fingerprint density at radius 1 is 1.24 bits per heavy atom. The third kappa shape index (κ3) is 1.95. The van der Waals surface area contributed by atoms with Crippen molar-refractivity contribution >= 4 is 27.2 Å². The Kier molecular flexibility index (Phi) is 2.98. The van der Waals surface area contributed by atoms with Crippen LogP contribution in [0.1, 0.15) is 12.2 Å². The van der Waals surface area contributed by atoms with E-state index in [0.29, 0.717) is 6.54 Å². The van der Waals surface area contributed by atoms with Crippen molar-refractivity contribution < 1.29 is 0 Å². The third-order valence-electron chi connectivity index (χ3n) is 3.69. The number of fused-ring (bicyclic) bond motifs is 2. The zero-order chi connectivity index (χ0) is 14.2. The number of aryl methyl sites for hydroxylation is 1. The van der Waals surface area contributed by atoms with E-state index in [2.05, 4.69) is 49.4 Å². The van der Waals surface area contributed by atoms with E-state index < -0.39 is 0 Å². The molecule has 4 aromatic rings. The molecule has 0 aliphatic heterocycles. The zero-order valence-electron chi connectivity index (χ0n) is 11.4. The largest absolute Gasteiger partial charge is 0.360 e. The van der Waals surface area contributed by atoms with E-state index >= 15 is 0 Å². The second-order valence-corrected chi connectivity index (χ2v) is 5.83. The van der Waals surface area contributed by atoms with E-state index in [1.165, 1.54) is 10.9 Å². The van der Waals surface area contributed by atoms with E-state index in [-0.39, 0.29) is 0 Å². The molecule has 3 heterocycles. The number of para-hydroxylation sites is 1. The maximum Gasteiger partial charge on any atom is 0.216 e. The second kappa shape index (κ2) is 4.98. The summed E-state index contributed by atoms with van der Waals surface area (Å²) < 4.78 is 2.15. The van der Waals surface area contributed by atoms with E-state index in [9.17, 15) is 0 Å². The number of hydrogen-bond donors (Lipinski definition) is 2. The first-order valence-electron chi connectivity index (χ1n) is 6.96. The molecule has 0 fully saturated rings. The Bertz CT molecular complexity index is 901. The summed E-state index contributed by atoms with van der Waals surface area (Å²) in [6, 6.07) is 8.32. The lowest BCUT2D eigenvalue weighted by Gasteiger charge is -2.01. The van der Waals surface area contributed by atoms with Crippen molar-refractivity contribution in [2.45, 2.75) is 12.8 Å². The number of nitrogens with two attached hydrogens (primary N) is 1. The average molecular weight is 297 g/mol. The lowest BCUT2D eigenvalue weighted by Crippen LogP contribution is -2.03. The fourth-order valence-electron chi connectivity index (χ4n) is 2.67. The highest BCUT2D eigenvalue weighted by Crippen LogP contribution is 2.32. The fourth-order valence-corrected chi connectivity index (χ4v) is 3.52. The van der Waals surface area contributed by atoms with Gasteiger partial charge in [0.05, 0.1) is 5.69 Å². The SMILES string of the molecule is NCCCc1nnc2scc(-c3c[nH]c4ccccc34)n12. The minimum atomic E-state index is 0.668. The van der Waals surface area contributed by atoms with Crippen molar-refractivity contribution in [1.29, 1.82) is 0 Å². The van der Waals surface area contributed by atoms with Gasteiger partial charge in [0.15, 0.2) is 0 Å². The topological polar surface area (TPSA) is 72.0 Å². The van der Waals surface area contributed by atoms with Crippen LogP contribution in [0.15, 0.2) is 35.8 Å². The van der Waals surface area contributed by atoms with Gasteiger partial charge in [-0.2, -0.15) is 0 Å². The van der Waals surface area contributed by atoms with Gasteiger partial charge in [-0.05, 0) is 19.0 Å². The van der Waals surface area contributed by atoms with E-state index in [4.69, 9.17) is 5.73 Å². The third-order valence-corrected chi connectivity index (χ3v) is 4.50.